The lowest BCUT2D eigenvalue weighted by Gasteiger charge is -2.21. The van der Waals surface area contributed by atoms with Crippen LogP contribution in [0.2, 0.25) is 0 Å². The highest BCUT2D eigenvalue weighted by Crippen LogP contribution is 2.25. The van der Waals surface area contributed by atoms with Crippen LogP contribution in [-0.2, 0) is 14.6 Å². The fraction of sp³-hybridized carbons (Fsp3) is 1.00. The molecule has 5 heteroatoms. The largest absolute Gasteiger partial charge is 0.385 e. The Morgan fingerprint density at radius 1 is 1.54 bits per heavy atom. The van der Waals surface area contributed by atoms with E-state index < -0.39 is 15.4 Å². The Balaban J connectivity index is 2.41. The number of sulfone groups is 1. The summed E-state index contributed by atoms with van der Waals surface area (Å²) in [5.41, 5.74) is 5.45. The second kappa shape index (κ2) is 3.94. The monoisotopic (exact) mass is 207 g/mol. The maximum atomic E-state index is 11.2. The van der Waals surface area contributed by atoms with Gasteiger partial charge in [0.25, 0.3) is 0 Å². The average molecular weight is 207 g/mol. The topological polar surface area (TPSA) is 69.4 Å². The van der Waals surface area contributed by atoms with E-state index >= 15 is 0 Å². The molecule has 4 nitrogen and oxygen atoms in total. The molecule has 0 aromatic heterocycles. The van der Waals surface area contributed by atoms with Crippen molar-refractivity contribution >= 4 is 9.84 Å². The normalized spacial score (nSPS) is 32.2. The van der Waals surface area contributed by atoms with E-state index in [0.717, 1.165) is 12.8 Å². The first-order valence-corrected chi connectivity index (χ1v) is 6.28. The molecule has 1 heterocycles. The van der Waals surface area contributed by atoms with Gasteiger partial charge in [0.15, 0.2) is 9.84 Å². The maximum Gasteiger partial charge on any atom is 0.152 e. The van der Waals surface area contributed by atoms with Crippen molar-refractivity contribution in [2.45, 2.75) is 24.8 Å². The van der Waals surface area contributed by atoms with Gasteiger partial charge in [0.2, 0.25) is 0 Å². The Morgan fingerprint density at radius 2 is 2.23 bits per heavy atom. The quantitative estimate of drug-likeness (QED) is 0.655. The molecule has 0 aromatic carbocycles. The average Bonchev–Trinajstić information content (AvgIpc) is 2.27. The molecule has 13 heavy (non-hydrogen) atoms. The van der Waals surface area contributed by atoms with Crippen molar-refractivity contribution in [2.24, 2.45) is 5.73 Å². The van der Waals surface area contributed by atoms with Crippen molar-refractivity contribution in [1.29, 1.82) is 0 Å². The minimum atomic E-state index is -2.86. The van der Waals surface area contributed by atoms with E-state index in [-0.39, 0.29) is 11.5 Å². The SMILES string of the molecule is COCCCC1(N)CCS(=O)(=O)C1. The second-order valence-electron chi connectivity index (χ2n) is 3.80. The van der Waals surface area contributed by atoms with Crippen LogP contribution in [0.5, 0.6) is 0 Å². The second-order valence-corrected chi connectivity index (χ2v) is 5.98. The highest BCUT2D eigenvalue weighted by atomic mass is 32.2. The molecule has 78 valence electrons. The zero-order chi connectivity index (χ0) is 9.95. The van der Waals surface area contributed by atoms with Gasteiger partial charge in [-0.3, -0.25) is 0 Å². The van der Waals surface area contributed by atoms with Crippen LogP contribution in [0.25, 0.3) is 0 Å². The molecule has 1 fully saturated rings. The number of hydrogen-bond acceptors (Lipinski definition) is 4. The third-order valence-corrected chi connectivity index (χ3v) is 4.28. The zero-order valence-corrected chi connectivity index (χ0v) is 8.77. The minimum absolute atomic E-state index is 0.143. The first-order valence-electron chi connectivity index (χ1n) is 4.46. The van der Waals surface area contributed by atoms with Gasteiger partial charge in [-0.1, -0.05) is 0 Å². The Bertz CT molecular complexity index is 263. The number of rotatable bonds is 4. The molecule has 1 atom stereocenters. The van der Waals surface area contributed by atoms with Gasteiger partial charge in [0.05, 0.1) is 11.5 Å². The summed E-state index contributed by atoms with van der Waals surface area (Å²) in [5.74, 6) is 0.389. The summed E-state index contributed by atoms with van der Waals surface area (Å²) in [6.07, 6.45) is 2.17. The van der Waals surface area contributed by atoms with E-state index in [4.69, 9.17) is 10.5 Å². The first-order chi connectivity index (χ1) is 5.97. The van der Waals surface area contributed by atoms with Crippen LogP contribution < -0.4 is 5.73 Å². The molecule has 0 spiro atoms. The van der Waals surface area contributed by atoms with Gasteiger partial charge in [-0.2, -0.15) is 0 Å². The van der Waals surface area contributed by atoms with E-state index in [0.29, 0.717) is 13.0 Å². The lowest BCUT2D eigenvalue weighted by atomic mass is 9.94. The number of methoxy groups -OCH3 is 1. The Labute approximate surface area is 79.4 Å². The van der Waals surface area contributed by atoms with Crippen LogP contribution in [0.4, 0.5) is 0 Å². The van der Waals surface area contributed by atoms with E-state index in [1.54, 1.807) is 7.11 Å². The van der Waals surface area contributed by atoms with Crippen LogP contribution in [0.1, 0.15) is 19.3 Å². The van der Waals surface area contributed by atoms with Crippen molar-refractivity contribution in [2.75, 3.05) is 25.2 Å². The Kier molecular flexibility index (Phi) is 3.32. The summed E-state index contributed by atoms with van der Waals surface area (Å²) in [6.45, 7) is 0.652. The van der Waals surface area contributed by atoms with Crippen molar-refractivity contribution in [3.8, 4) is 0 Å². The van der Waals surface area contributed by atoms with Gasteiger partial charge in [-0.15, -0.1) is 0 Å². The molecule has 0 radical (unpaired) electrons. The van der Waals surface area contributed by atoms with Crippen LogP contribution in [0, 0.1) is 0 Å². The van der Waals surface area contributed by atoms with E-state index in [1.807, 2.05) is 0 Å². The van der Waals surface area contributed by atoms with Gasteiger partial charge >= 0.3 is 0 Å². The number of nitrogens with two attached hydrogens (primary N) is 1. The molecule has 1 unspecified atom stereocenters. The van der Waals surface area contributed by atoms with Gasteiger partial charge in [-0.25, -0.2) is 8.42 Å². The number of hydrogen-bond donors (Lipinski definition) is 1. The van der Waals surface area contributed by atoms with Crippen LogP contribution in [0.3, 0.4) is 0 Å². The Hall–Kier alpha value is -0.130. The maximum absolute atomic E-state index is 11.2. The lowest BCUT2D eigenvalue weighted by molar-refractivity contribution is 0.185. The summed E-state index contributed by atoms with van der Waals surface area (Å²) >= 11 is 0. The molecule has 0 bridgehead atoms. The molecule has 2 N–H and O–H groups in total. The summed E-state index contributed by atoms with van der Waals surface area (Å²) in [5, 5.41) is 0. The molecule has 0 saturated carbocycles. The highest BCUT2D eigenvalue weighted by Gasteiger charge is 2.38. The van der Waals surface area contributed by atoms with Gasteiger partial charge in [0, 0.05) is 19.3 Å². The van der Waals surface area contributed by atoms with E-state index in [1.165, 1.54) is 0 Å². The van der Waals surface area contributed by atoms with Gasteiger partial charge in [0.1, 0.15) is 0 Å². The molecule has 0 amide bonds. The number of ether oxygens (including phenoxy) is 1. The fourth-order valence-corrected chi connectivity index (χ4v) is 3.73. The molecule has 1 rings (SSSR count). The molecule has 1 saturated heterocycles. The summed E-state index contributed by atoms with van der Waals surface area (Å²) in [4.78, 5) is 0. The highest BCUT2D eigenvalue weighted by molar-refractivity contribution is 7.91. The predicted octanol–water partition coefficient (Wildman–Crippen LogP) is -0.0710. The van der Waals surface area contributed by atoms with Crippen molar-refractivity contribution in [1.82, 2.24) is 0 Å². The third kappa shape index (κ3) is 3.25. The van der Waals surface area contributed by atoms with Crippen molar-refractivity contribution in [3.63, 3.8) is 0 Å². The summed E-state index contributed by atoms with van der Waals surface area (Å²) in [6, 6.07) is 0. The Morgan fingerprint density at radius 3 is 2.69 bits per heavy atom. The van der Waals surface area contributed by atoms with Gasteiger partial charge in [-0.05, 0) is 19.3 Å². The van der Waals surface area contributed by atoms with Crippen LogP contribution in [-0.4, -0.2) is 39.2 Å². The molecule has 0 aromatic rings. The summed E-state index contributed by atoms with van der Waals surface area (Å²) < 4.78 is 27.2. The fourth-order valence-electron chi connectivity index (χ4n) is 1.71. The lowest BCUT2D eigenvalue weighted by Crippen LogP contribution is -2.41. The van der Waals surface area contributed by atoms with Gasteiger partial charge < -0.3 is 10.5 Å². The molecular weight excluding hydrogens is 190 g/mol. The van der Waals surface area contributed by atoms with Crippen molar-refractivity contribution < 1.29 is 13.2 Å². The molecule has 0 aliphatic carbocycles. The molecular formula is C8H17NO3S. The minimum Gasteiger partial charge on any atom is -0.385 e. The predicted molar refractivity (Wildman–Crippen MR) is 51.3 cm³/mol. The van der Waals surface area contributed by atoms with Crippen LogP contribution >= 0.6 is 0 Å². The molecule has 1 aliphatic heterocycles. The van der Waals surface area contributed by atoms with Crippen molar-refractivity contribution in [3.05, 3.63) is 0 Å². The standard InChI is InChI=1S/C8H17NO3S/c1-12-5-2-3-8(9)4-6-13(10,11)7-8/h2-7,9H2,1H3. The summed E-state index contributed by atoms with van der Waals surface area (Å²) in [7, 11) is -1.22. The first kappa shape index (κ1) is 10.9. The smallest absolute Gasteiger partial charge is 0.152 e. The molecule has 1 aliphatic rings. The van der Waals surface area contributed by atoms with E-state index in [2.05, 4.69) is 0 Å². The van der Waals surface area contributed by atoms with E-state index in [9.17, 15) is 8.42 Å². The zero-order valence-electron chi connectivity index (χ0n) is 7.95. The third-order valence-electron chi connectivity index (χ3n) is 2.44. The van der Waals surface area contributed by atoms with Crippen LogP contribution in [0.15, 0.2) is 0 Å².